The Morgan fingerprint density at radius 1 is 1.62 bits per heavy atom. The van der Waals surface area contributed by atoms with Gasteiger partial charge in [0.2, 0.25) is 10.0 Å². The second-order valence-electron chi connectivity index (χ2n) is 4.28. The molecule has 0 aromatic carbocycles. The van der Waals surface area contributed by atoms with Gasteiger partial charge in [-0.15, -0.1) is 0 Å². The summed E-state index contributed by atoms with van der Waals surface area (Å²) in [6.45, 7) is 3.99. The summed E-state index contributed by atoms with van der Waals surface area (Å²) in [5.74, 6) is -0.0536. The third kappa shape index (κ3) is 2.71. The molecule has 0 aromatic rings. The first-order valence-electron chi connectivity index (χ1n) is 5.23. The Labute approximate surface area is 102 Å². The van der Waals surface area contributed by atoms with Crippen molar-refractivity contribution in [3.05, 3.63) is 0 Å². The summed E-state index contributed by atoms with van der Waals surface area (Å²) in [6, 6.07) is 0. The van der Waals surface area contributed by atoms with Crippen LogP contribution >= 0.6 is 12.2 Å². The van der Waals surface area contributed by atoms with E-state index in [0.29, 0.717) is 19.5 Å². The molecule has 1 aliphatic heterocycles. The van der Waals surface area contributed by atoms with Gasteiger partial charge in [-0.2, -0.15) is 0 Å². The molecule has 0 saturated carbocycles. The van der Waals surface area contributed by atoms with E-state index in [1.165, 1.54) is 11.2 Å². The van der Waals surface area contributed by atoms with Gasteiger partial charge >= 0.3 is 0 Å². The van der Waals surface area contributed by atoms with Crippen LogP contribution in [0, 0.1) is 5.92 Å². The smallest absolute Gasteiger partial charge is 0.223 e. The number of thiocarbonyl (C=S) groups is 1. The number of hydrogen-bond donors (Lipinski definition) is 2. The molecule has 94 valence electrons. The maximum absolute atomic E-state index is 12.1. The van der Waals surface area contributed by atoms with Gasteiger partial charge in [0.15, 0.2) is 0 Å². The Morgan fingerprint density at radius 2 is 2.19 bits per heavy atom. The minimum Gasteiger partial charge on any atom is -0.393 e. The van der Waals surface area contributed by atoms with Crippen molar-refractivity contribution in [1.82, 2.24) is 4.31 Å². The number of nitrogens with two attached hydrogens (primary N) is 1. The quantitative estimate of drug-likeness (QED) is 0.685. The van der Waals surface area contributed by atoms with E-state index >= 15 is 0 Å². The second-order valence-corrected chi connectivity index (χ2v) is 7.01. The number of aliphatic hydroxyl groups is 1. The van der Waals surface area contributed by atoms with Crippen LogP contribution < -0.4 is 5.73 Å². The molecule has 0 aliphatic carbocycles. The number of aliphatic hydroxyl groups excluding tert-OH is 1. The molecule has 0 spiro atoms. The summed E-state index contributed by atoms with van der Waals surface area (Å²) in [5.41, 5.74) is 5.37. The summed E-state index contributed by atoms with van der Waals surface area (Å²) >= 11 is 4.71. The molecule has 1 heterocycles. The van der Waals surface area contributed by atoms with Crippen LogP contribution in [0.2, 0.25) is 0 Å². The molecular weight excluding hydrogens is 248 g/mol. The maximum atomic E-state index is 12.1. The molecule has 3 atom stereocenters. The van der Waals surface area contributed by atoms with Gasteiger partial charge in [0.1, 0.15) is 5.25 Å². The summed E-state index contributed by atoms with van der Waals surface area (Å²) in [6.07, 6.45) is 0.0383. The first-order valence-corrected chi connectivity index (χ1v) is 7.14. The van der Waals surface area contributed by atoms with Crippen LogP contribution in [0.1, 0.15) is 20.3 Å². The molecule has 1 rings (SSSR count). The summed E-state index contributed by atoms with van der Waals surface area (Å²) < 4.78 is 25.5. The van der Waals surface area contributed by atoms with Crippen molar-refractivity contribution < 1.29 is 13.5 Å². The van der Waals surface area contributed by atoms with Crippen molar-refractivity contribution in [2.75, 3.05) is 13.1 Å². The Hall–Kier alpha value is -0.240. The van der Waals surface area contributed by atoms with Crippen LogP contribution in [-0.2, 0) is 10.0 Å². The third-order valence-electron chi connectivity index (χ3n) is 3.03. The zero-order valence-corrected chi connectivity index (χ0v) is 11.1. The lowest BCUT2D eigenvalue weighted by molar-refractivity contribution is 0.0628. The molecule has 0 aromatic heterocycles. The van der Waals surface area contributed by atoms with E-state index in [2.05, 4.69) is 0 Å². The third-order valence-corrected chi connectivity index (χ3v) is 5.73. The summed E-state index contributed by atoms with van der Waals surface area (Å²) in [7, 11) is -3.46. The predicted molar refractivity (Wildman–Crippen MR) is 66.5 cm³/mol. The van der Waals surface area contributed by atoms with E-state index in [4.69, 9.17) is 18.0 Å². The highest BCUT2D eigenvalue weighted by atomic mass is 32.2. The molecule has 0 amide bonds. The molecule has 0 bridgehead atoms. The fourth-order valence-electron chi connectivity index (χ4n) is 1.70. The van der Waals surface area contributed by atoms with Crippen LogP contribution in [0.4, 0.5) is 0 Å². The summed E-state index contributed by atoms with van der Waals surface area (Å²) in [5, 5.41) is 8.69. The molecule has 3 unspecified atom stereocenters. The molecule has 3 N–H and O–H groups in total. The van der Waals surface area contributed by atoms with Crippen molar-refractivity contribution in [1.29, 1.82) is 0 Å². The minimum atomic E-state index is -3.46. The fraction of sp³-hybridized carbons (Fsp3) is 0.889. The molecule has 1 aliphatic rings. The highest BCUT2D eigenvalue weighted by Gasteiger charge is 2.35. The average molecular weight is 266 g/mol. The Morgan fingerprint density at radius 3 is 2.62 bits per heavy atom. The maximum Gasteiger partial charge on any atom is 0.223 e. The Bertz CT molecular complexity index is 369. The topological polar surface area (TPSA) is 83.6 Å². The van der Waals surface area contributed by atoms with E-state index in [1.54, 1.807) is 0 Å². The number of nitrogens with zero attached hydrogens (tertiary/aromatic N) is 1. The molecular formula is C9H18N2O3S2. The van der Waals surface area contributed by atoms with Gasteiger partial charge < -0.3 is 10.8 Å². The van der Waals surface area contributed by atoms with E-state index in [1.807, 2.05) is 6.92 Å². The van der Waals surface area contributed by atoms with Gasteiger partial charge in [-0.3, -0.25) is 0 Å². The SMILES string of the molecule is CC1CN(S(=O)(=O)C(C)C(N)=S)CCC1O. The Balaban J connectivity index is 2.82. The number of hydrogen-bond acceptors (Lipinski definition) is 4. The van der Waals surface area contributed by atoms with Crippen LogP contribution in [0.15, 0.2) is 0 Å². The van der Waals surface area contributed by atoms with Gasteiger partial charge in [-0.25, -0.2) is 12.7 Å². The molecule has 16 heavy (non-hydrogen) atoms. The standard InChI is InChI=1S/C9H18N2O3S2/c1-6-5-11(4-3-8(6)12)16(13,14)7(2)9(10)15/h6-8,12H,3-5H2,1-2H3,(H2,10,15). The Kier molecular flexibility index (Phi) is 4.28. The van der Waals surface area contributed by atoms with Crippen molar-refractivity contribution in [3.63, 3.8) is 0 Å². The molecule has 7 heteroatoms. The monoisotopic (exact) mass is 266 g/mol. The lowest BCUT2D eigenvalue weighted by Crippen LogP contribution is -2.49. The second kappa shape index (κ2) is 4.95. The number of sulfonamides is 1. The average Bonchev–Trinajstić information content (AvgIpc) is 2.20. The molecule has 1 fully saturated rings. The molecule has 0 radical (unpaired) electrons. The van der Waals surface area contributed by atoms with E-state index in [-0.39, 0.29) is 10.9 Å². The number of rotatable bonds is 3. The number of piperidine rings is 1. The van der Waals surface area contributed by atoms with E-state index < -0.39 is 21.4 Å². The fourth-order valence-corrected chi connectivity index (χ4v) is 3.60. The van der Waals surface area contributed by atoms with Gasteiger partial charge in [0.25, 0.3) is 0 Å². The van der Waals surface area contributed by atoms with Crippen molar-refractivity contribution in [2.45, 2.75) is 31.6 Å². The predicted octanol–water partition coefficient (Wildman–Crippen LogP) is -0.306. The van der Waals surface area contributed by atoms with Crippen LogP contribution in [-0.4, -0.2) is 47.3 Å². The minimum absolute atomic E-state index is 0.0150. The van der Waals surface area contributed by atoms with Crippen LogP contribution in [0.5, 0.6) is 0 Å². The van der Waals surface area contributed by atoms with E-state index in [0.717, 1.165) is 0 Å². The van der Waals surface area contributed by atoms with Crippen molar-refractivity contribution in [2.24, 2.45) is 11.7 Å². The van der Waals surface area contributed by atoms with Gasteiger partial charge in [0, 0.05) is 13.1 Å². The largest absolute Gasteiger partial charge is 0.393 e. The lowest BCUT2D eigenvalue weighted by atomic mass is 9.99. The summed E-state index contributed by atoms with van der Waals surface area (Å²) in [4.78, 5) is -0.0150. The first kappa shape index (κ1) is 13.8. The zero-order valence-electron chi connectivity index (χ0n) is 9.46. The van der Waals surface area contributed by atoms with Gasteiger partial charge in [-0.1, -0.05) is 19.1 Å². The zero-order chi connectivity index (χ0) is 12.5. The highest BCUT2D eigenvalue weighted by Crippen LogP contribution is 2.21. The van der Waals surface area contributed by atoms with Crippen molar-refractivity contribution in [3.8, 4) is 0 Å². The van der Waals surface area contributed by atoms with Crippen molar-refractivity contribution >= 4 is 27.2 Å². The van der Waals surface area contributed by atoms with Crippen LogP contribution in [0.25, 0.3) is 0 Å². The van der Waals surface area contributed by atoms with Gasteiger partial charge in [0.05, 0.1) is 11.1 Å². The normalized spacial score (nSPS) is 29.9. The molecule has 5 nitrogen and oxygen atoms in total. The molecule has 1 saturated heterocycles. The van der Waals surface area contributed by atoms with Gasteiger partial charge in [-0.05, 0) is 19.3 Å². The van der Waals surface area contributed by atoms with E-state index in [9.17, 15) is 13.5 Å². The highest BCUT2D eigenvalue weighted by molar-refractivity contribution is 7.92. The lowest BCUT2D eigenvalue weighted by Gasteiger charge is -2.34. The first-order chi connectivity index (χ1) is 7.26. The van der Waals surface area contributed by atoms with Crippen LogP contribution in [0.3, 0.4) is 0 Å².